The predicted molar refractivity (Wildman–Crippen MR) is 369 cm³/mol. The van der Waals surface area contributed by atoms with Gasteiger partial charge in [0.25, 0.3) is 0 Å². The summed E-state index contributed by atoms with van der Waals surface area (Å²) < 4.78 is 17.6. The largest absolute Gasteiger partial charge is 0.390 e. The highest BCUT2D eigenvalue weighted by Gasteiger charge is 2.47. The van der Waals surface area contributed by atoms with E-state index in [-0.39, 0.29) is 69.3 Å². The summed E-state index contributed by atoms with van der Waals surface area (Å²) in [6.45, 7) is 29.4. The summed E-state index contributed by atoms with van der Waals surface area (Å²) in [4.78, 5) is 173. The number of carbonyl (C=O) groups excluding carboxylic acids is 11. The number of aliphatic hydroxyl groups is 2. The maximum Gasteiger partial charge on any atom is 0.248 e. The van der Waals surface area contributed by atoms with Crippen molar-refractivity contribution in [3.8, 4) is 0 Å². The van der Waals surface area contributed by atoms with Crippen molar-refractivity contribution in [2.45, 2.75) is 260 Å². The van der Waals surface area contributed by atoms with Crippen molar-refractivity contribution in [2.24, 2.45) is 35.5 Å². The molecule has 0 saturated carbocycles. The SMILES string of the molecule is C/C=C/C[C@@H](C)[C@@H](O)[C@H]1C(=O)N[C@H](CC)C(=O)N(C)[C@H](COCCC2OCCCO2)C(=O)N(C)[C@@H](CC(C)(C)O)C(=O)N[C@H](C(C)C)C(=O)N(C)[C@H](CCC(C)C)C(=O)N[C@H](C)C(=O)N[C@@H](C)C(=O)N(C)[C@@H](CC(C)C)C(=O)N(C)[C@H](CC(C)C)C(=O)N(C)[C@H](C(C)C)C(=O)N1C. The minimum absolute atomic E-state index is 0.0109. The molecule has 0 aliphatic carbocycles. The summed E-state index contributed by atoms with van der Waals surface area (Å²) in [7, 11) is 9.68. The van der Waals surface area contributed by atoms with E-state index in [1.807, 2.05) is 41.5 Å². The normalized spacial score (nSPS) is 27.1. The van der Waals surface area contributed by atoms with Gasteiger partial charge in [0, 0.05) is 62.2 Å². The van der Waals surface area contributed by atoms with Crippen molar-refractivity contribution in [2.75, 3.05) is 75.8 Å². The fraction of sp³-hybridized carbons (Fsp3) is 0.814. The Morgan fingerprint density at radius 1 is 0.536 bits per heavy atom. The van der Waals surface area contributed by atoms with Crippen LogP contribution in [0.2, 0.25) is 0 Å². The second kappa shape index (κ2) is 40.1. The van der Waals surface area contributed by atoms with E-state index in [2.05, 4.69) is 21.3 Å². The van der Waals surface area contributed by atoms with Gasteiger partial charge in [0.2, 0.25) is 65.0 Å². The highest BCUT2D eigenvalue weighted by atomic mass is 16.7. The van der Waals surface area contributed by atoms with Crippen LogP contribution in [0.3, 0.4) is 0 Å². The summed E-state index contributed by atoms with van der Waals surface area (Å²) in [6.07, 6.45) is 2.96. The zero-order valence-electron chi connectivity index (χ0n) is 63.1. The smallest absolute Gasteiger partial charge is 0.248 e. The van der Waals surface area contributed by atoms with Crippen molar-refractivity contribution in [1.29, 1.82) is 0 Å². The minimum atomic E-state index is -1.69. The molecule has 2 heterocycles. The molecular formula is C70H125N11O16. The minimum Gasteiger partial charge on any atom is -0.390 e. The fourth-order valence-electron chi connectivity index (χ4n) is 12.2. The van der Waals surface area contributed by atoms with E-state index in [0.29, 0.717) is 26.1 Å². The second-order valence-electron chi connectivity index (χ2n) is 29.4. The first kappa shape index (κ1) is 86.8. The van der Waals surface area contributed by atoms with Gasteiger partial charge in [0.15, 0.2) is 6.29 Å². The molecule has 2 fully saturated rings. The molecule has 0 aromatic heterocycles. The van der Waals surface area contributed by atoms with Gasteiger partial charge in [0.1, 0.15) is 66.5 Å². The van der Waals surface area contributed by atoms with E-state index in [1.165, 1.54) is 96.6 Å². The van der Waals surface area contributed by atoms with Crippen LogP contribution >= 0.6 is 0 Å². The molecule has 27 nitrogen and oxygen atoms in total. The van der Waals surface area contributed by atoms with Gasteiger partial charge in [-0.25, -0.2) is 0 Å². The van der Waals surface area contributed by atoms with Crippen molar-refractivity contribution in [3.05, 3.63) is 12.2 Å². The molecule has 0 radical (unpaired) electrons. The lowest BCUT2D eigenvalue weighted by Gasteiger charge is -2.41. The average Bonchev–Trinajstić information content (AvgIpc) is 0.811. The zero-order chi connectivity index (χ0) is 74.4. The van der Waals surface area contributed by atoms with Crippen LogP contribution in [-0.4, -0.2) is 270 Å². The Hall–Kier alpha value is -6.29. The Bertz CT molecular complexity index is 2640. The summed E-state index contributed by atoms with van der Waals surface area (Å²) in [6, 6.07) is -14.9. The number of allylic oxidation sites excluding steroid dienone is 2. The third-order valence-electron chi connectivity index (χ3n) is 18.4. The van der Waals surface area contributed by atoms with E-state index >= 15 is 33.6 Å². The Labute approximate surface area is 578 Å². The second-order valence-corrected chi connectivity index (χ2v) is 29.4. The highest BCUT2D eigenvalue weighted by Crippen LogP contribution is 2.27. The molecule has 0 bridgehead atoms. The zero-order valence-corrected chi connectivity index (χ0v) is 63.1. The first-order valence-electron chi connectivity index (χ1n) is 34.9. The quantitative estimate of drug-likeness (QED) is 0.0709. The van der Waals surface area contributed by atoms with Crippen LogP contribution in [0, 0.1) is 35.5 Å². The Kier molecular flexibility index (Phi) is 35.9. The standard InChI is InChI=1S/C70H125N11O16/c1-25-27-29-45(13)58(82)57-62(86)73-48(26-2)64(88)79(22)53(39-95-35-32-54-96-33-28-34-97-54)67(91)78(21)52(38-70(16,17)94)61(85)74-55(43(9)10)68(92)75(18)49(31-30-40(3)4)60(84)71-46(14)59(83)72-47(15)63(87)76(19)50(36-41(5)6)65(89)77(20)51(37-42(7)8)66(90)80(23)56(44(11)12)69(93)81(57)24/h25,27,40-58,82,94H,26,28-39H2,1-24H3,(H,71,84)(H,72,83)(H,73,86)(H,74,85)/b27-25+/t45-,46-,47+,48-,49-,50+,51-,52+,53-,55-,56-,57+,58-/m1/s1. The van der Waals surface area contributed by atoms with Gasteiger partial charge in [0.05, 0.1) is 38.1 Å². The summed E-state index contributed by atoms with van der Waals surface area (Å²) in [5.41, 5.74) is -1.63. The van der Waals surface area contributed by atoms with E-state index in [4.69, 9.17) is 14.2 Å². The number of nitrogens with one attached hydrogen (secondary N) is 4. The first-order valence-corrected chi connectivity index (χ1v) is 34.9. The van der Waals surface area contributed by atoms with E-state index < -0.39 is 174 Å². The van der Waals surface area contributed by atoms with Gasteiger partial charge in [-0.3, -0.25) is 52.7 Å². The van der Waals surface area contributed by atoms with Gasteiger partial charge in [-0.15, -0.1) is 0 Å². The average molecular weight is 1380 g/mol. The lowest BCUT2D eigenvalue weighted by molar-refractivity contribution is -0.187. The summed E-state index contributed by atoms with van der Waals surface area (Å²) >= 11 is 0. The predicted octanol–water partition coefficient (Wildman–Crippen LogP) is 3.31. The molecule has 2 rings (SSSR count). The number of amides is 11. The molecule has 0 aromatic rings. The molecule has 11 amide bonds. The van der Waals surface area contributed by atoms with Gasteiger partial charge < -0.3 is 80.0 Å². The number of ether oxygens (including phenoxy) is 3. The Balaban J connectivity index is 3.13. The lowest BCUT2D eigenvalue weighted by Crippen LogP contribution is -2.64. The molecule has 27 heteroatoms. The van der Waals surface area contributed by atoms with Crippen molar-refractivity contribution in [3.63, 3.8) is 0 Å². The molecule has 0 unspecified atom stereocenters. The van der Waals surface area contributed by atoms with Crippen LogP contribution in [0.15, 0.2) is 12.2 Å². The molecule has 2 aliphatic rings. The first-order chi connectivity index (χ1) is 45.0. The Morgan fingerprint density at radius 3 is 1.51 bits per heavy atom. The maximum atomic E-state index is 15.4. The molecule has 556 valence electrons. The number of hydrogen-bond acceptors (Lipinski definition) is 16. The molecule has 6 N–H and O–H groups in total. The number of carbonyl (C=O) groups is 11. The third kappa shape index (κ3) is 25.4. The Morgan fingerprint density at radius 2 is 1.01 bits per heavy atom. The summed E-state index contributed by atoms with van der Waals surface area (Å²) in [5, 5.41) is 34.7. The van der Waals surface area contributed by atoms with E-state index in [1.54, 1.807) is 60.6 Å². The van der Waals surface area contributed by atoms with Crippen LogP contribution in [0.25, 0.3) is 0 Å². The van der Waals surface area contributed by atoms with Gasteiger partial charge in [-0.1, -0.05) is 95.2 Å². The maximum absolute atomic E-state index is 15.4. The third-order valence-corrected chi connectivity index (χ3v) is 18.4. The topological polar surface area (TPSA) is 327 Å². The number of aliphatic hydroxyl groups excluding tert-OH is 1. The monoisotopic (exact) mass is 1380 g/mol. The van der Waals surface area contributed by atoms with Crippen LogP contribution in [0.1, 0.15) is 175 Å². The van der Waals surface area contributed by atoms with Crippen molar-refractivity contribution >= 4 is 65.0 Å². The highest BCUT2D eigenvalue weighted by molar-refractivity contribution is 6.00. The van der Waals surface area contributed by atoms with Crippen LogP contribution in [0.5, 0.6) is 0 Å². The molecule has 13 atom stereocenters. The van der Waals surface area contributed by atoms with Crippen LogP contribution < -0.4 is 21.3 Å². The van der Waals surface area contributed by atoms with Gasteiger partial charge in [-0.2, -0.15) is 0 Å². The molecule has 0 aromatic carbocycles. The van der Waals surface area contributed by atoms with Gasteiger partial charge >= 0.3 is 0 Å². The van der Waals surface area contributed by atoms with Crippen molar-refractivity contribution < 1.29 is 77.2 Å². The van der Waals surface area contributed by atoms with E-state index in [9.17, 15) is 29.4 Å². The number of nitrogens with zero attached hydrogens (tertiary/aromatic N) is 7. The van der Waals surface area contributed by atoms with E-state index in [0.717, 1.165) is 14.7 Å². The molecular weight excluding hydrogens is 1250 g/mol. The van der Waals surface area contributed by atoms with Crippen molar-refractivity contribution in [1.82, 2.24) is 55.6 Å². The summed E-state index contributed by atoms with van der Waals surface area (Å²) in [5.74, 6) is -10.5. The lowest BCUT2D eigenvalue weighted by atomic mass is 9.91. The number of hydrogen-bond donors (Lipinski definition) is 6. The van der Waals surface area contributed by atoms with Crippen LogP contribution in [0.4, 0.5) is 0 Å². The molecule has 2 aliphatic heterocycles. The fourth-order valence-corrected chi connectivity index (χ4v) is 12.2. The molecule has 2 saturated heterocycles. The number of likely N-dealkylation sites (N-methyl/N-ethyl adjacent to an activating group) is 7. The number of rotatable bonds is 21. The van der Waals surface area contributed by atoms with Crippen LogP contribution in [-0.2, 0) is 67.0 Å². The molecule has 97 heavy (non-hydrogen) atoms. The molecule has 0 spiro atoms. The van der Waals surface area contributed by atoms with Gasteiger partial charge in [-0.05, 0) is 115 Å².